The highest BCUT2D eigenvalue weighted by Crippen LogP contribution is 2.07. The van der Waals surface area contributed by atoms with Crippen LogP contribution in [0.4, 0.5) is 0 Å². The number of aliphatic carboxylic acids is 1. The minimum absolute atomic E-state index is 0.0373. The number of carbonyl (C=O) groups is 2. The summed E-state index contributed by atoms with van der Waals surface area (Å²) < 4.78 is 1.62. The predicted molar refractivity (Wildman–Crippen MR) is 61.6 cm³/mol. The number of carboxylic acid groups (broad SMARTS) is 1. The van der Waals surface area contributed by atoms with Crippen molar-refractivity contribution >= 4 is 11.9 Å². The molecule has 0 bridgehead atoms. The Morgan fingerprint density at radius 1 is 1.59 bits per heavy atom. The van der Waals surface area contributed by atoms with Gasteiger partial charge in [-0.15, -0.1) is 0 Å². The average molecular weight is 239 g/mol. The maximum absolute atomic E-state index is 11.7. The van der Waals surface area contributed by atoms with Crippen molar-refractivity contribution in [2.75, 3.05) is 6.54 Å². The highest BCUT2D eigenvalue weighted by atomic mass is 16.4. The molecule has 1 atom stereocenters. The molecule has 6 nitrogen and oxygen atoms in total. The third kappa shape index (κ3) is 3.90. The van der Waals surface area contributed by atoms with Crippen molar-refractivity contribution in [3.63, 3.8) is 0 Å². The molecular weight excluding hydrogens is 222 g/mol. The number of carboxylic acids is 1. The van der Waals surface area contributed by atoms with E-state index in [-0.39, 0.29) is 18.2 Å². The first kappa shape index (κ1) is 13.2. The lowest BCUT2D eigenvalue weighted by atomic mass is 10.0. The Bertz CT molecular complexity index is 400. The molecule has 0 aliphatic rings. The minimum atomic E-state index is -0.841. The van der Waals surface area contributed by atoms with Crippen molar-refractivity contribution in [2.24, 2.45) is 13.0 Å². The van der Waals surface area contributed by atoms with Gasteiger partial charge in [0.15, 0.2) is 0 Å². The third-order valence-electron chi connectivity index (χ3n) is 2.64. The fourth-order valence-corrected chi connectivity index (χ4v) is 1.51. The normalized spacial score (nSPS) is 12.1. The second-order valence-corrected chi connectivity index (χ2v) is 3.97. The molecule has 0 aliphatic heterocycles. The smallest absolute Gasteiger partial charge is 0.303 e. The Labute approximate surface area is 99.7 Å². The van der Waals surface area contributed by atoms with Crippen molar-refractivity contribution in [3.8, 4) is 0 Å². The monoisotopic (exact) mass is 239 g/mol. The lowest BCUT2D eigenvalue weighted by Crippen LogP contribution is -2.31. The Morgan fingerprint density at radius 3 is 2.76 bits per heavy atom. The van der Waals surface area contributed by atoms with Gasteiger partial charge in [-0.2, -0.15) is 0 Å². The van der Waals surface area contributed by atoms with Crippen molar-refractivity contribution in [1.29, 1.82) is 0 Å². The molecule has 0 aromatic carbocycles. The number of rotatable bonds is 6. The first-order valence-electron chi connectivity index (χ1n) is 5.50. The molecule has 0 saturated heterocycles. The molecule has 0 radical (unpaired) electrons. The largest absolute Gasteiger partial charge is 0.481 e. The van der Waals surface area contributed by atoms with E-state index in [0.717, 1.165) is 6.42 Å². The van der Waals surface area contributed by atoms with Crippen LogP contribution in [0.3, 0.4) is 0 Å². The first-order chi connectivity index (χ1) is 8.04. The van der Waals surface area contributed by atoms with E-state index >= 15 is 0 Å². The van der Waals surface area contributed by atoms with E-state index in [1.807, 2.05) is 6.92 Å². The van der Waals surface area contributed by atoms with Gasteiger partial charge in [-0.25, -0.2) is 4.98 Å². The summed E-state index contributed by atoms with van der Waals surface area (Å²) in [5.41, 5.74) is 0.468. The van der Waals surface area contributed by atoms with E-state index < -0.39 is 5.97 Å². The van der Waals surface area contributed by atoms with Crippen molar-refractivity contribution in [2.45, 2.75) is 19.8 Å². The van der Waals surface area contributed by atoms with E-state index in [2.05, 4.69) is 10.3 Å². The number of nitrogens with one attached hydrogen (secondary N) is 1. The summed E-state index contributed by atoms with van der Waals surface area (Å²) in [6, 6.07) is 0. The molecular formula is C11H17N3O3. The molecule has 0 aliphatic carbocycles. The van der Waals surface area contributed by atoms with Crippen LogP contribution in [0.1, 0.15) is 30.3 Å². The molecule has 1 heterocycles. The van der Waals surface area contributed by atoms with Gasteiger partial charge < -0.3 is 15.0 Å². The molecule has 1 rings (SSSR count). The van der Waals surface area contributed by atoms with Crippen LogP contribution in [-0.4, -0.2) is 33.1 Å². The molecule has 1 aromatic heterocycles. The van der Waals surface area contributed by atoms with Crippen LogP contribution in [0.25, 0.3) is 0 Å². The second kappa shape index (κ2) is 6.03. The summed E-state index contributed by atoms with van der Waals surface area (Å²) in [6.07, 6.45) is 3.82. The van der Waals surface area contributed by atoms with Gasteiger partial charge in [0.1, 0.15) is 5.69 Å². The van der Waals surface area contributed by atoms with Crippen LogP contribution in [-0.2, 0) is 11.8 Å². The molecule has 2 N–H and O–H groups in total. The summed E-state index contributed by atoms with van der Waals surface area (Å²) in [6.45, 7) is 2.27. The van der Waals surface area contributed by atoms with Crippen molar-refractivity contribution in [3.05, 3.63) is 18.2 Å². The first-order valence-corrected chi connectivity index (χ1v) is 5.50. The zero-order valence-electron chi connectivity index (χ0n) is 10.0. The molecule has 1 unspecified atom stereocenters. The highest BCUT2D eigenvalue weighted by Gasteiger charge is 2.14. The summed E-state index contributed by atoms with van der Waals surface area (Å²) in [5.74, 6) is -1.11. The van der Waals surface area contributed by atoms with Crippen molar-refractivity contribution < 1.29 is 14.7 Å². The van der Waals surface area contributed by atoms with E-state index in [9.17, 15) is 9.59 Å². The van der Waals surface area contributed by atoms with Crippen LogP contribution in [0.2, 0.25) is 0 Å². The summed E-state index contributed by atoms with van der Waals surface area (Å²) in [7, 11) is 1.73. The van der Waals surface area contributed by atoms with Gasteiger partial charge in [-0.3, -0.25) is 9.59 Å². The van der Waals surface area contributed by atoms with E-state index in [1.165, 1.54) is 6.20 Å². The predicted octanol–water partition coefficient (Wildman–Crippen LogP) is 0.651. The number of aromatic nitrogens is 2. The van der Waals surface area contributed by atoms with E-state index in [4.69, 9.17) is 5.11 Å². The molecule has 6 heteroatoms. The Hall–Kier alpha value is -1.85. The summed E-state index contributed by atoms with van der Waals surface area (Å²) in [5, 5.41) is 11.4. The van der Waals surface area contributed by atoms with Gasteiger partial charge in [-0.1, -0.05) is 13.3 Å². The lowest BCUT2D eigenvalue weighted by Gasteiger charge is -2.13. The van der Waals surface area contributed by atoms with Gasteiger partial charge in [0.25, 0.3) is 5.91 Å². The molecule has 0 fully saturated rings. The van der Waals surface area contributed by atoms with E-state index in [0.29, 0.717) is 12.2 Å². The van der Waals surface area contributed by atoms with Crippen LogP contribution >= 0.6 is 0 Å². The van der Waals surface area contributed by atoms with Gasteiger partial charge in [-0.05, 0) is 5.92 Å². The fraction of sp³-hybridized carbons (Fsp3) is 0.545. The zero-order chi connectivity index (χ0) is 12.8. The molecule has 17 heavy (non-hydrogen) atoms. The SMILES string of the molecule is CCC(CNC(=O)c1cncn1C)CC(=O)O. The maximum atomic E-state index is 11.7. The molecule has 94 valence electrons. The highest BCUT2D eigenvalue weighted by molar-refractivity contribution is 5.92. The second-order valence-electron chi connectivity index (χ2n) is 3.97. The van der Waals surface area contributed by atoms with Gasteiger partial charge in [0.2, 0.25) is 0 Å². The van der Waals surface area contributed by atoms with Crippen molar-refractivity contribution in [1.82, 2.24) is 14.9 Å². The Morgan fingerprint density at radius 2 is 2.29 bits per heavy atom. The summed E-state index contributed by atoms with van der Waals surface area (Å²) >= 11 is 0. The van der Waals surface area contributed by atoms with Gasteiger partial charge >= 0.3 is 5.97 Å². The molecule has 0 saturated carbocycles. The maximum Gasteiger partial charge on any atom is 0.303 e. The minimum Gasteiger partial charge on any atom is -0.481 e. The van der Waals surface area contributed by atoms with Gasteiger partial charge in [0, 0.05) is 20.0 Å². The van der Waals surface area contributed by atoms with Gasteiger partial charge in [0.05, 0.1) is 12.5 Å². The number of carbonyl (C=O) groups excluding carboxylic acids is 1. The topological polar surface area (TPSA) is 84.2 Å². The van der Waals surface area contributed by atoms with Crippen LogP contribution < -0.4 is 5.32 Å². The molecule has 0 spiro atoms. The molecule has 1 aromatic rings. The van der Waals surface area contributed by atoms with E-state index in [1.54, 1.807) is 17.9 Å². The Balaban J connectivity index is 2.47. The van der Waals surface area contributed by atoms with Crippen LogP contribution in [0, 0.1) is 5.92 Å². The number of amides is 1. The quantitative estimate of drug-likeness (QED) is 0.763. The van der Waals surface area contributed by atoms with Crippen LogP contribution in [0.15, 0.2) is 12.5 Å². The fourth-order valence-electron chi connectivity index (χ4n) is 1.51. The number of aryl methyl sites for hydroxylation is 1. The Kier molecular flexibility index (Phi) is 4.68. The lowest BCUT2D eigenvalue weighted by molar-refractivity contribution is -0.138. The number of imidazole rings is 1. The number of hydrogen-bond donors (Lipinski definition) is 2. The zero-order valence-corrected chi connectivity index (χ0v) is 10.0. The summed E-state index contributed by atoms with van der Waals surface area (Å²) in [4.78, 5) is 26.1. The standard InChI is InChI=1S/C11H17N3O3/c1-3-8(4-10(15)16)5-13-11(17)9-6-12-7-14(9)2/h6-8H,3-5H2,1-2H3,(H,13,17)(H,15,16). The number of nitrogens with zero attached hydrogens (tertiary/aromatic N) is 2. The van der Waals surface area contributed by atoms with Crippen LogP contribution in [0.5, 0.6) is 0 Å². The third-order valence-corrected chi connectivity index (χ3v) is 2.64. The number of hydrogen-bond acceptors (Lipinski definition) is 3. The molecule has 1 amide bonds. The average Bonchev–Trinajstić information content (AvgIpc) is 2.69.